The Hall–Kier alpha value is -1.55. The van der Waals surface area contributed by atoms with E-state index in [0.717, 1.165) is 6.08 Å². The molecule has 0 unspecified atom stereocenters. The average molecular weight is 206 g/mol. The van der Waals surface area contributed by atoms with Crippen molar-refractivity contribution in [3.63, 3.8) is 0 Å². The molecule has 3 nitrogen and oxygen atoms in total. The number of aromatic hydroxyl groups is 1. The monoisotopic (exact) mass is 206 g/mol. The molecule has 1 aromatic rings. The van der Waals surface area contributed by atoms with Crippen molar-refractivity contribution >= 4 is 24.2 Å². The zero-order chi connectivity index (χ0) is 10.3. The van der Waals surface area contributed by atoms with Gasteiger partial charge in [0.15, 0.2) is 5.78 Å². The van der Waals surface area contributed by atoms with Gasteiger partial charge in [-0.1, -0.05) is 12.1 Å². The Labute approximate surface area is 85.5 Å². The lowest BCUT2D eigenvalue weighted by atomic mass is 9.94. The van der Waals surface area contributed by atoms with Crippen molar-refractivity contribution in [1.82, 2.24) is 0 Å². The number of fused-ring (bicyclic) bond motifs is 1. The van der Waals surface area contributed by atoms with Crippen molar-refractivity contribution in [2.24, 2.45) is 0 Å². The van der Waals surface area contributed by atoms with Crippen LogP contribution in [-0.4, -0.2) is 16.7 Å². The second kappa shape index (κ2) is 2.99. The second-order valence-electron chi connectivity index (χ2n) is 2.92. The van der Waals surface area contributed by atoms with Gasteiger partial charge in [0, 0.05) is 11.6 Å². The van der Waals surface area contributed by atoms with E-state index in [0.29, 0.717) is 0 Å². The summed E-state index contributed by atoms with van der Waals surface area (Å²) in [5.41, 5.74) is 0.276. The highest BCUT2D eigenvalue weighted by Crippen LogP contribution is 2.29. The summed E-state index contributed by atoms with van der Waals surface area (Å²) in [4.78, 5) is 23.0. The van der Waals surface area contributed by atoms with Gasteiger partial charge in [-0.2, -0.15) is 0 Å². The minimum absolute atomic E-state index is 0.0463. The molecule has 0 saturated carbocycles. The average Bonchev–Trinajstić information content (AvgIpc) is 2.14. The molecule has 0 bridgehead atoms. The minimum atomic E-state index is -0.416. The van der Waals surface area contributed by atoms with Gasteiger partial charge >= 0.3 is 0 Å². The SMILES string of the molecule is O=C1C=C(S)C(=O)c2c(O)cccc21. The third kappa shape index (κ3) is 1.15. The third-order valence-corrected chi connectivity index (χ3v) is 2.37. The Bertz CT molecular complexity index is 474. The molecule has 0 spiro atoms. The van der Waals surface area contributed by atoms with Gasteiger partial charge < -0.3 is 5.11 Å². The number of ketones is 2. The molecule has 0 amide bonds. The molecule has 2 rings (SSSR count). The molecule has 70 valence electrons. The van der Waals surface area contributed by atoms with E-state index in [9.17, 15) is 14.7 Å². The summed E-state index contributed by atoms with van der Waals surface area (Å²) in [6.07, 6.45) is 1.16. The highest BCUT2D eigenvalue weighted by Gasteiger charge is 2.26. The number of phenolic OH excluding ortho intramolecular Hbond substituents is 1. The number of allylic oxidation sites excluding steroid dienone is 2. The first-order valence-electron chi connectivity index (χ1n) is 3.93. The summed E-state index contributed by atoms with van der Waals surface area (Å²) >= 11 is 3.87. The van der Waals surface area contributed by atoms with Gasteiger partial charge in [0.1, 0.15) is 5.75 Å². The normalized spacial score (nSPS) is 15.1. The number of thiol groups is 1. The molecule has 1 aromatic carbocycles. The molecule has 0 heterocycles. The maximum atomic E-state index is 11.5. The molecular weight excluding hydrogens is 200 g/mol. The smallest absolute Gasteiger partial charge is 0.203 e. The summed E-state index contributed by atoms with van der Waals surface area (Å²) in [6, 6.07) is 4.40. The number of carbonyl (C=O) groups is 2. The van der Waals surface area contributed by atoms with Crippen molar-refractivity contribution in [2.45, 2.75) is 0 Å². The summed E-state index contributed by atoms with van der Waals surface area (Å²) in [5.74, 6) is -0.901. The molecule has 0 saturated heterocycles. The van der Waals surface area contributed by atoms with E-state index < -0.39 is 5.78 Å². The summed E-state index contributed by atoms with van der Waals surface area (Å²) < 4.78 is 0. The molecule has 14 heavy (non-hydrogen) atoms. The molecule has 1 aliphatic rings. The van der Waals surface area contributed by atoms with Gasteiger partial charge in [-0.05, 0) is 6.07 Å². The first-order valence-corrected chi connectivity index (χ1v) is 4.37. The van der Waals surface area contributed by atoms with Crippen LogP contribution in [0.4, 0.5) is 0 Å². The molecule has 0 radical (unpaired) electrons. The van der Waals surface area contributed by atoms with E-state index >= 15 is 0 Å². The molecule has 0 atom stereocenters. The first-order chi connectivity index (χ1) is 6.61. The van der Waals surface area contributed by atoms with E-state index in [2.05, 4.69) is 12.6 Å². The van der Waals surface area contributed by atoms with Crippen LogP contribution in [0.5, 0.6) is 5.75 Å². The molecular formula is C10H6O3S. The van der Waals surface area contributed by atoms with E-state index in [4.69, 9.17) is 0 Å². The van der Waals surface area contributed by atoms with Crippen molar-refractivity contribution in [3.8, 4) is 5.75 Å². The third-order valence-electron chi connectivity index (χ3n) is 2.04. The van der Waals surface area contributed by atoms with Crippen molar-refractivity contribution in [1.29, 1.82) is 0 Å². The topological polar surface area (TPSA) is 54.4 Å². The lowest BCUT2D eigenvalue weighted by Gasteiger charge is -2.12. The highest BCUT2D eigenvalue weighted by molar-refractivity contribution is 7.85. The molecule has 1 aliphatic carbocycles. The quantitative estimate of drug-likeness (QED) is 0.634. The standard InChI is InChI=1S/C10H6O3S/c11-6-3-1-2-5-7(12)4-8(14)10(13)9(5)6/h1-4,11,14H. The Morgan fingerprint density at radius 3 is 2.64 bits per heavy atom. The Morgan fingerprint density at radius 1 is 1.21 bits per heavy atom. The van der Waals surface area contributed by atoms with E-state index in [1.54, 1.807) is 0 Å². The number of benzene rings is 1. The van der Waals surface area contributed by atoms with Crippen molar-refractivity contribution < 1.29 is 14.7 Å². The number of carbonyl (C=O) groups excluding carboxylic acids is 2. The number of hydrogen-bond donors (Lipinski definition) is 2. The van der Waals surface area contributed by atoms with Gasteiger partial charge in [-0.15, -0.1) is 12.6 Å². The van der Waals surface area contributed by atoms with Gasteiger partial charge in [0.2, 0.25) is 5.78 Å². The van der Waals surface area contributed by atoms with Crippen LogP contribution in [0.1, 0.15) is 20.7 Å². The number of hydrogen-bond acceptors (Lipinski definition) is 4. The van der Waals surface area contributed by atoms with Crippen molar-refractivity contribution in [2.75, 3.05) is 0 Å². The number of Topliss-reactive ketones (excluding diaryl/α,β-unsaturated/α-hetero) is 1. The fourth-order valence-electron chi connectivity index (χ4n) is 1.38. The lowest BCUT2D eigenvalue weighted by molar-refractivity contribution is 0.0989. The first kappa shape index (κ1) is 9.02. The van der Waals surface area contributed by atoms with Crippen LogP contribution in [0.25, 0.3) is 0 Å². The van der Waals surface area contributed by atoms with Gasteiger partial charge in [0.05, 0.1) is 10.5 Å². The number of rotatable bonds is 0. The van der Waals surface area contributed by atoms with Crippen molar-refractivity contribution in [3.05, 3.63) is 40.3 Å². The maximum absolute atomic E-state index is 11.5. The van der Waals surface area contributed by atoms with Gasteiger partial charge in [-0.3, -0.25) is 9.59 Å². The van der Waals surface area contributed by atoms with Crippen LogP contribution in [0.15, 0.2) is 29.2 Å². The molecule has 0 fully saturated rings. The lowest BCUT2D eigenvalue weighted by Crippen LogP contribution is -2.14. The van der Waals surface area contributed by atoms with Crippen LogP contribution < -0.4 is 0 Å². The summed E-state index contributed by atoms with van der Waals surface area (Å²) in [6.45, 7) is 0. The summed E-state index contributed by atoms with van der Waals surface area (Å²) in [5, 5.41) is 9.43. The Kier molecular flexibility index (Phi) is 1.93. The largest absolute Gasteiger partial charge is 0.507 e. The Morgan fingerprint density at radius 2 is 1.93 bits per heavy atom. The summed E-state index contributed by atoms with van der Waals surface area (Å²) in [7, 11) is 0. The predicted octanol–water partition coefficient (Wildman–Crippen LogP) is 1.58. The zero-order valence-corrected chi connectivity index (χ0v) is 7.91. The molecule has 0 aromatic heterocycles. The highest BCUT2D eigenvalue weighted by atomic mass is 32.1. The second-order valence-corrected chi connectivity index (χ2v) is 3.40. The maximum Gasteiger partial charge on any atom is 0.203 e. The molecule has 1 N–H and O–H groups in total. The van der Waals surface area contributed by atoms with E-state index in [1.807, 2.05) is 0 Å². The van der Waals surface area contributed by atoms with Crippen LogP contribution in [-0.2, 0) is 0 Å². The fraction of sp³-hybridized carbons (Fsp3) is 0. The zero-order valence-electron chi connectivity index (χ0n) is 7.02. The van der Waals surface area contributed by atoms with Crippen LogP contribution in [0.3, 0.4) is 0 Å². The Balaban J connectivity index is 2.76. The van der Waals surface area contributed by atoms with Gasteiger partial charge in [-0.25, -0.2) is 0 Å². The van der Waals surface area contributed by atoms with E-state index in [-0.39, 0.29) is 27.6 Å². The number of phenols is 1. The predicted molar refractivity (Wildman–Crippen MR) is 53.8 cm³/mol. The molecule has 4 heteroatoms. The van der Waals surface area contributed by atoms with Gasteiger partial charge in [0.25, 0.3) is 0 Å². The molecule has 0 aliphatic heterocycles. The minimum Gasteiger partial charge on any atom is -0.507 e. The van der Waals surface area contributed by atoms with Crippen LogP contribution >= 0.6 is 12.6 Å². The van der Waals surface area contributed by atoms with Crippen LogP contribution in [0, 0.1) is 0 Å². The fourth-order valence-corrected chi connectivity index (χ4v) is 1.61. The van der Waals surface area contributed by atoms with E-state index in [1.165, 1.54) is 18.2 Å². The van der Waals surface area contributed by atoms with Crippen LogP contribution in [0.2, 0.25) is 0 Å².